The summed E-state index contributed by atoms with van der Waals surface area (Å²) in [7, 11) is 1.72. The van der Waals surface area contributed by atoms with Crippen molar-refractivity contribution in [2.75, 3.05) is 31.6 Å². The van der Waals surface area contributed by atoms with Crippen molar-refractivity contribution in [3.63, 3.8) is 0 Å². The van der Waals surface area contributed by atoms with Gasteiger partial charge in [-0.1, -0.05) is 6.07 Å². The van der Waals surface area contributed by atoms with Crippen molar-refractivity contribution in [2.45, 2.75) is 6.54 Å². The maximum atomic E-state index is 12.1. The Kier molecular flexibility index (Phi) is 5.09. The Bertz CT molecular complexity index is 724. The van der Waals surface area contributed by atoms with Gasteiger partial charge in [-0.3, -0.25) is 9.69 Å². The van der Waals surface area contributed by atoms with Crippen LogP contribution in [0.25, 0.3) is 0 Å². The molecule has 0 radical (unpaired) electrons. The fraction of sp³-hybridized carbons (Fsp3) is 0.375. The molecule has 0 saturated carbocycles. The molecule has 1 fully saturated rings. The Morgan fingerprint density at radius 1 is 1.30 bits per heavy atom. The summed E-state index contributed by atoms with van der Waals surface area (Å²) >= 11 is 3.40. The highest BCUT2D eigenvalue weighted by Gasteiger charge is 2.11. The lowest BCUT2D eigenvalue weighted by molar-refractivity contribution is 0.0341. The van der Waals surface area contributed by atoms with Gasteiger partial charge in [0.15, 0.2) is 0 Å². The molecule has 7 heteroatoms. The van der Waals surface area contributed by atoms with E-state index in [4.69, 9.17) is 4.74 Å². The summed E-state index contributed by atoms with van der Waals surface area (Å²) in [6.45, 7) is 4.35. The summed E-state index contributed by atoms with van der Waals surface area (Å²) in [5.74, 6) is 0.653. The number of rotatable bonds is 4. The molecule has 0 atom stereocenters. The molecule has 23 heavy (non-hydrogen) atoms. The molecule has 1 N–H and O–H groups in total. The highest BCUT2D eigenvalue weighted by molar-refractivity contribution is 9.10. The lowest BCUT2D eigenvalue weighted by Crippen LogP contribution is -2.35. The summed E-state index contributed by atoms with van der Waals surface area (Å²) in [5, 5.41) is 3.09. The third-order valence-electron chi connectivity index (χ3n) is 3.81. The summed E-state index contributed by atoms with van der Waals surface area (Å²) < 4.78 is 7.60. The zero-order valence-electron chi connectivity index (χ0n) is 13.0. The SMILES string of the molecule is Cn1ccc(Br)c(Nc2ccc(CN3CCOCC3)cn2)c1=O. The molecule has 1 aliphatic rings. The quantitative estimate of drug-likeness (QED) is 0.882. The molecule has 2 aromatic rings. The van der Waals surface area contributed by atoms with E-state index in [-0.39, 0.29) is 5.56 Å². The van der Waals surface area contributed by atoms with Crippen molar-refractivity contribution in [3.8, 4) is 0 Å². The number of morpholine rings is 1. The van der Waals surface area contributed by atoms with Gasteiger partial charge in [-0.25, -0.2) is 4.98 Å². The van der Waals surface area contributed by atoms with E-state index in [0.717, 1.165) is 42.9 Å². The van der Waals surface area contributed by atoms with Crippen molar-refractivity contribution < 1.29 is 4.74 Å². The number of hydrogen-bond donors (Lipinski definition) is 1. The molecular formula is C16H19BrN4O2. The van der Waals surface area contributed by atoms with E-state index in [1.54, 1.807) is 13.2 Å². The monoisotopic (exact) mass is 378 g/mol. The van der Waals surface area contributed by atoms with Crippen LogP contribution in [0.15, 0.2) is 39.9 Å². The Balaban J connectivity index is 1.70. The van der Waals surface area contributed by atoms with E-state index in [0.29, 0.717) is 11.5 Å². The standard InChI is InChI=1S/C16H19BrN4O2/c1-20-5-4-13(17)15(16(20)22)19-14-3-2-12(10-18-14)11-21-6-8-23-9-7-21/h2-5,10H,6-9,11H2,1H3,(H,18,19). The summed E-state index contributed by atoms with van der Waals surface area (Å²) in [6.07, 6.45) is 3.57. The zero-order valence-corrected chi connectivity index (χ0v) is 14.5. The molecule has 0 spiro atoms. The van der Waals surface area contributed by atoms with E-state index < -0.39 is 0 Å². The van der Waals surface area contributed by atoms with Crippen LogP contribution in [-0.4, -0.2) is 40.8 Å². The molecule has 0 aliphatic carbocycles. The number of ether oxygens (including phenoxy) is 1. The molecule has 3 heterocycles. The lowest BCUT2D eigenvalue weighted by atomic mass is 10.2. The first-order valence-electron chi connectivity index (χ1n) is 7.50. The number of hydrogen-bond acceptors (Lipinski definition) is 5. The van der Waals surface area contributed by atoms with Gasteiger partial charge in [-0.15, -0.1) is 0 Å². The summed E-state index contributed by atoms with van der Waals surface area (Å²) in [5.41, 5.74) is 1.54. The van der Waals surface area contributed by atoms with Gasteiger partial charge in [0.2, 0.25) is 0 Å². The predicted octanol–water partition coefficient (Wildman–Crippen LogP) is 2.12. The maximum Gasteiger partial charge on any atom is 0.275 e. The Morgan fingerprint density at radius 3 is 2.78 bits per heavy atom. The third kappa shape index (κ3) is 3.99. The van der Waals surface area contributed by atoms with Gasteiger partial charge in [0.25, 0.3) is 5.56 Å². The fourth-order valence-corrected chi connectivity index (χ4v) is 2.84. The first kappa shape index (κ1) is 16.2. The normalized spacial score (nSPS) is 15.6. The van der Waals surface area contributed by atoms with Gasteiger partial charge >= 0.3 is 0 Å². The largest absolute Gasteiger partial charge is 0.379 e. The number of nitrogens with zero attached hydrogens (tertiary/aromatic N) is 3. The minimum atomic E-state index is -0.0985. The summed E-state index contributed by atoms with van der Waals surface area (Å²) in [6, 6.07) is 5.76. The second-order valence-corrected chi connectivity index (χ2v) is 6.37. The van der Waals surface area contributed by atoms with E-state index in [1.165, 1.54) is 4.57 Å². The molecule has 0 aromatic carbocycles. The number of halogens is 1. The van der Waals surface area contributed by atoms with Crippen molar-refractivity contribution >= 4 is 27.4 Å². The van der Waals surface area contributed by atoms with Gasteiger partial charge in [-0.05, 0) is 33.6 Å². The average Bonchev–Trinajstić information content (AvgIpc) is 2.58. The summed E-state index contributed by atoms with van der Waals surface area (Å²) in [4.78, 5) is 18.9. The third-order valence-corrected chi connectivity index (χ3v) is 4.47. The average molecular weight is 379 g/mol. The Morgan fingerprint density at radius 2 is 2.09 bits per heavy atom. The van der Waals surface area contributed by atoms with Crippen LogP contribution in [0.1, 0.15) is 5.56 Å². The molecule has 3 rings (SSSR count). The second kappa shape index (κ2) is 7.25. The molecule has 0 amide bonds. The fourth-order valence-electron chi connectivity index (χ4n) is 2.46. The maximum absolute atomic E-state index is 12.1. The molecule has 122 valence electrons. The van der Waals surface area contributed by atoms with Gasteiger partial charge < -0.3 is 14.6 Å². The zero-order chi connectivity index (χ0) is 16.2. The van der Waals surface area contributed by atoms with Crippen LogP contribution in [0, 0.1) is 0 Å². The second-order valence-electron chi connectivity index (χ2n) is 5.52. The minimum Gasteiger partial charge on any atom is -0.379 e. The van der Waals surface area contributed by atoms with E-state index in [2.05, 4.69) is 31.1 Å². The van der Waals surface area contributed by atoms with Crippen molar-refractivity contribution in [1.29, 1.82) is 0 Å². The van der Waals surface area contributed by atoms with Crippen LogP contribution in [0.3, 0.4) is 0 Å². The minimum absolute atomic E-state index is 0.0985. The van der Waals surface area contributed by atoms with Crippen molar-refractivity contribution in [3.05, 3.63) is 51.0 Å². The molecule has 0 bridgehead atoms. The first-order chi connectivity index (χ1) is 11.1. The molecule has 1 aliphatic heterocycles. The molecular weight excluding hydrogens is 360 g/mol. The molecule has 6 nitrogen and oxygen atoms in total. The van der Waals surface area contributed by atoms with E-state index in [9.17, 15) is 4.79 Å². The number of nitrogens with one attached hydrogen (secondary N) is 1. The van der Waals surface area contributed by atoms with Crippen LogP contribution in [0.4, 0.5) is 11.5 Å². The Labute approximate surface area is 143 Å². The highest BCUT2D eigenvalue weighted by atomic mass is 79.9. The number of aromatic nitrogens is 2. The lowest BCUT2D eigenvalue weighted by Gasteiger charge is -2.26. The number of anilines is 2. The highest BCUT2D eigenvalue weighted by Crippen LogP contribution is 2.21. The van der Waals surface area contributed by atoms with Crippen LogP contribution in [-0.2, 0) is 18.3 Å². The van der Waals surface area contributed by atoms with E-state index in [1.807, 2.05) is 24.4 Å². The molecule has 1 saturated heterocycles. The van der Waals surface area contributed by atoms with Gasteiger partial charge in [-0.2, -0.15) is 0 Å². The van der Waals surface area contributed by atoms with Crippen LogP contribution < -0.4 is 10.9 Å². The number of pyridine rings is 2. The smallest absolute Gasteiger partial charge is 0.275 e. The van der Waals surface area contributed by atoms with Gasteiger partial charge in [0.1, 0.15) is 11.5 Å². The Hall–Kier alpha value is -1.70. The van der Waals surface area contributed by atoms with E-state index >= 15 is 0 Å². The van der Waals surface area contributed by atoms with Gasteiger partial charge in [0, 0.05) is 43.5 Å². The van der Waals surface area contributed by atoms with Crippen molar-refractivity contribution in [1.82, 2.24) is 14.5 Å². The molecule has 2 aromatic heterocycles. The predicted molar refractivity (Wildman–Crippen MR) is 93.0 cm³/mol. The van der Waals surface area contributed by atoms with Crippen molar-refractivity contribution in [2.24, 2.45) is 7.05 Å². The topological polar surface area (TPSA) is 59.4 Å². The van der Waals surface area contributed by atoms with Crippen LogP contribution >= 0.6 is 15.9 Å². The van der Waals surface area contributed by atoms with Crippen LogP contribution in [0.5, 0.6) is 0 Å². The molecule has 0 unspecified atom stereocenters. The first-order valence-corrected chi connectivity index (χ1v) is 8.30. The number of aryl methyl sites for hydroxylation is 1. The van der Waals surface area contributed by atoms with Crippen LogP contribution in [0.2, 0.25) is 0 Å². The van der Waals surface area contributed by atoms with Gasteiger partial charge in [0.05, 0.1) is 13.2 Å².